The smallest absolute Gasteiger partial charge is 0.550 e. The van der Waals surface area contributed by atoms with E-state index in [0.29, 0.717) is 23.3 Å². The summed E-state index contributed by atoms with van der Waals surface area (Å²) in [5, 5.41) is 39.3. The first kappa shape index (κ1) is 41.8. The summed E-state index contributed by atoms with van der Waals surface area (Å²) >= 11 is 0. The predicted molar refractivity (Wildman–Crippen MR) is 175 cm³/mol. The molecule has 1 radical (unpaired) electrons. The molecule has 9 heteroatoms. The van der Waals surface area contributed by atoms with Crippen LogP contribution in [0.4, 0.5) is 0 Å². The van der Waals surface area contributed by atoms with E-state index in [-0.39, 0.29) is 28.9 Å². The molecule has 2 aromatic rings. The van der Waals surface area contributed by atoms with Crippen molar-refractivity contribution in [1.29, 1.82) is 0 Å². The molecule has 0 amide bonds. The van der Waals surface area contributed by atoms with Crippen LogP contribution in [-0.4, -0.2) is 46.7 Å². The molecule has 3 rings (SSSR count). The number of phenolic OH excluding ortho intramolecular Hbond substituents is 2. The van der Waals surface area contributed by atoms with E-state index < -0.39 is 11.9 Å². The summed E-state index contributed by atoms with van der Waals surface area (Å²) in [7, 11) is 0. The van der Waals surface area contributed by atoms with Crippen LogP contribution in [0.2, 0.25) is 0 Å². The number of carbonyl (C=O) groups excluding carboxylic acids is 2. The van der Waals surface area contributed by atoms with E-state index >= 15 is 0 Å². The van der Waals surface area contributed by atoms with E-state index in [1.807, 2.05) is 12.4 Å². The molecule has 1 fully saturated rings. The van der Waals surface area contributed by atoms with Crippen LogP contribution in [0.15, 0.2) is 34.3 Å². The van der Waals surface area contributed by atoms with Crippen LogP contribution >= 0.6 is 0 Å². The van der Waals surface area contributed by atoms with Crippen molar-refractivity contribution in [3.05, 3.63) is 57.6 Å². The number of aromatic hydroxyl groups is 2. The fraction of sp³-hybridized carbons (Fsp3) is 0.556. The van der Waals surface area contributed by atoms with E-state index in [1.165, 1.54) is 11.1 Å². The third kappa shape index (κ3) is 14.6. The second-order valence-electron chi connectivity index (χ2n) is 11.6. The SMILES string of the molecule is CC(=O)[O-].CC(=O)[O-].CCc1cc(C(C)CC)cc(C=NC2CCCC(N=Cc3cc(C(C)CC)cc(CC)c3O)C2)c1O.[Co+2]. The first-order chi connectivity index (χ1) is 20.8. The Hall–Kier alpha value is -3.17. The fourth-order valence-electron chi connectivity index (χ4n) is 5.05. The van der Waals surface area contributed by atoms with Crippen molar-refractivity contribution in [2.75, 3.05) is 0 Å². The summed E-state index contributed by atoms with van der Waals surface area (Å²) in [5.74, 6) is -0.524. The predicted octanol–water partition coefficient (Wildman–Crippen LogP) is 5.61. The molecule has 0 spiro atoms. The first-order valence-corrected chi connectivity index (χ1v) is 15.9. The van der Waals surface area contributed by atoms with Gasteiger partial charge in [0.2, 0.25) is 0 Å². The molecule has 2 N–H and O–H groups in total. The Bertz CT molecular complexity index is 1170. The van der Waals surface area contributed by atoms with Gasteiger partial charge in [0.15, 0.2) is 0 Å². The second kappa shape index (κ2) is 21.5. The van der Waals surface area contributed by atoms with Gasteiger partial charge in [0.05, 0.1) is 12.1 Å². The average Bonchev–Trinajstić information content (AvgIpc) is 2.98. The standard InChI is InChI=1S/C32H46N2O2.2C2H4O2.Co/c1-7-21(5)25-14-23(9-3)31(35)27(16-25)19-33-29-12-11-13-30(18-29)34-20-28-17-26(22(6)8-2)15-24(10-4)32(28)36;2*1-2(3)4;/h14-17,19-22,29-30,35-36H,7-13,18H2,1-6H3;2*1H3,(H,3,4);/q;;;+2/p-2. The molecule has 0 saturated heterocycles. The van der Waals surface area contributed by atoms with Crippen LogP contribution in [0.3, 0.4) is 0 Å². The molecule has 8 nitrogen and oxygen atoms in total. The molecule has 0 bridgehead atoms. The minimum Gasteiger partial charge on any atom is -0.550 e. The van der Waals surface area contributed by atoms with Crippen LogP contribution < -0.4 is 10.2 Å². The van der Waals surface area contributed by atoms with Crippen molar-refractivity contribution in [3.63, 3.8) is 0 Å². The fourth-order valence-corrected chi connectivity index (χ4v) is 5.05. The van der Waals surface area contributed by atoms with Gasteiger partial charge in [-0.25, -0.2) is 0 Å². The molecule has 2 aromatic carbocycles. The Morgan fingerprint density at radius 1 is 0.778 bits per heavy atom. The molecular weight excluding hydrogens is 615 g/mol. The minimum absolute atomic E-state index is 0. The number of aliphatic imine (C=N–C) groups is 2. The maximum absolute atomic E-state index is 10.8. The van der Waals surface area contributed by atoms with Crippen molar-refractivity contribution >= 4 is 24.4 Å². The molecule has 1 aliphatic rings. The molecule has 0 aliphatic heterocycles. The van der Waals surface area contributed by atoms with Crippen molar-refractivity contribution < 1.29 is 46.8 Å². The topological polar surface area (TPSA) is 145 Å². The van der Waals surface area contributed by atoms with Crippen LogP contribution in [0.5, 0.6) is 11.5 Å². The number of benzene rings is 2. The number of hydrogen-bond acceptors (Lipinski definition) is 8. The zero-order chi connectivity index (χ0) is 33.4. The summed E-state index contributed by atoms with van der Waals surface area (Å²) in [6.07, 6.45) is 11.6. The quantitative estimate of drug-likeness (QED) is 0.315. The van der Waals surface area contributed by atoms with Crippen LogP contribution in [0.1, 0.15) is 139 Å². The van der Waals surface area contributed by atoms with Crippen LogP contribution in [0.25, 0.3) is 0 Å². The van der Waals surface area contributed by atoms with Gasteiger partial charge in [-0.1, -0.05) is 53.7 Å². The van der Waals surface area contributed by atoms with Gasteiger partial charge in [0, 0.05) is 35.5 Å². The number of nitrogens with zero attached hydrogens (tertiary/aromatic N) is 2. The van der Waals surface area contributed by atoms with E-state index in [0.717, 1.165) is 87.5 Å². The van der Waals surface area contributed by atoms with Crippen molar-refractivity contribution in [2.45, 2.75) is 131 Å². The molecule has 4 atom stereocenters. The number of aryl methyl sites for hydroxylation is 2. The number of aliphatic carboxylic acids is 2. The molecule has 0 heterocycles. The van der Waals surface area contributed by atoms with E-state index in [1.54, 1.807) is 0 Å². The zero-order valence-corrected chi connectivity index (χ0v) is 29.2. The Labute approximate surface area is 280 Å². The Morgan fingerprint density at radius 2 is 1.11 bits per heavy atom. The van der Waals surface area contributed by atoms with Crippen LogP contribution in [0, 0.1) is 0 Å². The van der Waals surface area contributed by atoms with E-state index in [2.05, 4.69) is 65.8 Å². The number of carbonyl (C=O) groups is 2. The number of rotatable bonds is 10. The third-order valence-electron chi connectivity index (χ3n) is 8.07. The maximum Gasteiger partial charge on any atom is 2.00 e. The number of carboxylic acids is 2. The van der Waals surface area contributed by atoms with Crippen molar-refractivity contribution in [3.8, 4) is 11.5 Å². The van der Waals surface area contributed by atoms with Gasteiger partial charge in [0.25, 0.3) is 0 Å². The summed E-state index contributed by atoms with van der Waals surface area (Å²) in [6.45, 7) is 15.0. The number of phenols is 2. The van der Waals surface area contributed by atoms with Gasteiger partial charge < -0.3 is 30.0 Å². The Kier molecular flexibility index (Phi) is 20.0. The summed E-state index contributed by atoms with van der Waals surface area (Å²) < 4.78 is 0. The average molecular weight is 668 g/mol. The monoisotopic (exact) mass is 667 g/mol. The van der Waals surface area contributed by atoms with E-state index in [4.69, 9.17) is 29.8 Å². The normalized spacial score (nSPS) is 17.3. The second-order valence-corrected chi connectivity index (χ2v) is 11.6. The Balaban J connectivity index is 0.00000192. The van der Waals surface area contributed by atoms with Crippen molar-refractivity contribution in [1.82, 2.24) is 0 Å². The number of carboxylic acid groups (broad SMARTS) is 2. The largest absolute Gasteiger partial charge is 2.00 e. The molecule has 0 aromatic heterocycles. The van der Waals surface area contributed by atoms with Gasteiger partial charge in [0.1, 0.15) is 11.5 Å². The number of hydrogen-bond donors (Lipinski definition) is 2. The first-order valence-electron chi connectivity index (χ1n) is 15.9. The summed E-state index contributed by atoms with van der Waals surface area (Å²) in [4.78, 5) is 27.6. The molecule has 45 heavy (non-hydrogen) atoms. The van der Waals surface area contributed by atoms with Gasteiger partial charge in [-0.3, -0.25) is 9.98 Å². The molecule has 1 saturated carbocycles. The molecule has 1 aliphatic carbocycles. The third-order valence-corrected chi connectivity index (χ3v) is 8.07. The van der Waals surface area contributed by atoms with Gasteiger partial charge >= 0.3 is 16.8 Å². The van der Waals surface area contributed by atoms with Gasteiger partial charge in [-0.15, -0.1) is 0 Å². The minimum atomic E-state index is -1.08. The van der Waals surface area contributed by atoms with Crippen LogP contribution in [-0.2, 0) is 39.2 Å². The zero-order valence-electron chi connectivity index (χ0n) is 28.2. The van der Waals surface area contributed by atoms with Gasteiger partial charge in [-0.05, 0) is 111 Å². The van der Waals surface area contributed by atoms with Crippen molar-refractivity contribution in [2.24, 2.45) is 9.98 Å². The van der Waals surface area contributed by atoms with Gasteiger partial charge in [-0.2, -0.15) is 0 Å². The summed E-state index contributed by atoms with van der Waals surface area (Å²) in [5.41, 5.74) is 6.18. The van der Waals surface area contributed by atoms with E-state index in [9.17, 15) is 10.2 Å². The molecule has 251 valence electrons. The summed E-state index contributed by atoms with van der Waals surface area (Å²) in [6, 6.07) is 8.88. The maximum atomic E-state index is 10.8. The molecular formula is C36H52CoN2O6. The Morgan fingerprint density at radius 3 is 1.40 bits per heavy atom. The molecule has 4 unspecified atom stereocenters.